The van der Waals surface area contributed by atoms with Crippen LogP contribution in [0.4, 0.5) is 5.69 Å². The van der Waals surface area contributed by atoms with Crippen molar-refractivity contribution >= 4 is 15.5 Å². The molecule has 0 saturated carbocycles. The number of nitrogens with zero attached hydrogens (tertiary/aromatic N) is 1. The largest absolute Gasteiger partial charge is 0.381 e. The monoisotopic (exact) mass is 276 g/mol. The standard InChI is InChI=1S/C14H16N2O2S/c1-2-19(17,18)14-7-5-13(6-8-14)16-11-12-4-3-9-15-10-12/h3-10,16H,2,11H2,1H3. The Morgan fingerprint density at radius 1 is 1.16 bits per heavy atom. The SMILES string of the molecule is CCS(=O)(=O)c1ccc(NCc2cccnc2)cc1. The van der Waals surface area contributed by atoms with Crippen LogP contribution in [-0.2, 0) is 16.4 Å². The molecule has 0 aliphatic carbocycles. The third-order valence-electron chi connectivity index (χ3n) is 2.81. The van der Waals surface area contributed by atoms with Gasteiger partial charge in [-0.25, -0.2) is 8.42 Å². The molecular formula is C14H16N2O2S. The fourth-order valence-corrected chi connectivity index (χ4v) is 2.54. The molecule has 2 aromatic rings. The number of pyridine rings is 1. The molecular weight excluding hydrogens is 260 g/mol. The smallest absolute Gasteiger partial charge is 0.178 e. The van der Waals surface area contributed by atoms with Crippen LogP contribution >= 0.6 is 0 Å². The molecule has 1 heterocycles. The fourth-order valence-electron chi connectivity index (χ4n) is 1.65. The van der Waals surface area contributed by atoms with Crippen LogP contribution in [0.25, 0.3) is 0 Å². The van der Waals surface area contributed by atoms with E-state index in [1.807, 2.05) is 12.1 Å². The molecule has 0 aliphatic rings. The first kappa shape index (κ1) is 13.5. The molecule has 0 amide bonds. The maximum atomic E-state index is 11.7. The van der Waals surface area contributed by atoms with Crippen LogP contribution < -0.4 is 5.32 Å². The summed E-state index contributed by atoms with van der Waals surface area (Å²) in [6, 6.07) is 10.7. The van der Waals surface area contributed by atoms with E-state index in [0.717, 1.165) is 11.3 Å². The molecule has 0 saturated heterocycles. The average Bonchev–Trinajstić information content (AvgIpc) is 2.47. The lowest BCUT2D eigenvalue weighted by Crippen LogP contribution is -2.04. The molecule has 1 aromatic heterocycles. The van der Waals surface area contributed by atoms with E-state index in [9.17, 15) is 8.42 Å². The van der Waals surface area contributed by atoms with Gasteiger partial charge in [0, 0.05) is 24.6 Å². The van der Waals surface area contributed by atoms with Gasteiger partial charge in [0.05, 0.1) is 10.6 Å². The number of rotatable bonds is 5. The van der Waals surface area contributed by atoms with Crippen LogP contribution in [0.15, 0.2) is 53.7 Å². The van der Waals surface area contributed by atoms with Crippen LogP contribution in [0, 0.1) is 0 Å². The summed E-state index contributed by atoms with van der Waals surface area (Å²) in [6.45, 7) is 2.30. The van der Waals surface area contributed by atoms with Crippen molar-refractivity contribution < 1.29 is 8.42 Å². The number of benzene rings is 1. The van der Waals surface area contributed by atoms with E-state index in [-0.39, 0.29) is 5.75 Å². The van der Waals surface area contributed by atoms with E-state index in [1.165, 1.54) is 0 Å². The van der Waals surface area contributed by atoms with Gasteiger partial charge in [-0.3, -0.25) is 4.98 Å². The second-order valence-electron chi connectivity index (χ2n) is 4.14. The van der Waals surface area contributed by atoms with E-state index >= 15 is 0 Å². The van der Waals surface area contributed by atoms with Crippen LogP contribution in [0.3, 0.4) is 0 Å². The molecule has 19 heavy (non-hydrogen) atoms. The number of hydrogen-bond donors (Lipinski definition) is 1. The first-order valence-corrected chi connectivity index (χ1v) is 7.72. The summed E-state index contributed by atoms with van der Waals surface area (Å²) < 4.78 is 23.3. The molecule has 0 spiro atoms. The summed E-state index contributed by atoms with van der Waals surface area (Å²) >= 11 is 0. The maximum Gasteiger partial charge on any atom is 0.178 e. The first-order chi connectivity index (χ1) is 9.12. The lowest BCUT2D eigenvalue weighted by Gasteiger charge is -2.07. The number of sulfone groups is 1. The Morgan fingerprint density at radius 3 is 2.47 bits per heavy atom. The number of hydrogen-bond acceptors (Lipinski definition) is 4. The van der Waals surface area contributed by atoms with Crippen molar-refractivity contribution in [2.24, 2.45) is 0 Å². The first-order valence-electron chi connectivity index (χ1n) is 6.07. The van der Waals surface area contributed by atoms with Gasteiger partial charge in [-0.2, -0.15) is 0 Å². The van der Waals surface area contributed by atoms with Crippen molar-refractivity contribution in [3.63, 3.8) is 0 Å². The summed E-state index contributed by atoms with van der Waals surface area (Å²) in [7, 11) is -3.12. The molecule has 0 atom stereocenters. The zero-order valence-electron chi connectivity index (χ0n) is 10.7. The zero-order chi connectivity index (χ0) is 13.7. The Morgan fingerprint density at radius 2 is 1.89 bits per heavy atom. The van der Waals surface area contributed by atoms with E-state index in [1.54, 1.807) is 43.6 Å². The molecule has 100 valence electrons. The van der Waals surface area contributed by atoms with Gasteiger partial charge in [-0.15, -0.1) is 0 Å². The van der Waals surface area contributed by atoms with Crippen molar-refractivity contribution in [3.05, 3.63) is 54.4 Å². The van der Waals surface area contributed by atoms with Crippen molar-refractivity contribution in [1.29, 1.82) is 0 Å². The maximum absolute atomic E-state index is 11.7. The lowest BCUT2D eigenvalue weighted by atomic mass is 10.2. The molecule has 1 aromatic carbocycles. The van der Waals surface area contributed by atoms with Gasteiger partial charge < -0.3 is 5.32 Å². The van der Waals surface area contributed by atoms with E-state index in [0.29, 0.717) is 11.4 Å². The van der Waals surface area contributed by atoms with Gasteiger partial charge in [0.25, 0.3) is 0 Å². The topological polar surface area (TPSA) is 59.1 Å². The predicted molar refractivity (Wildman–Crippen MR) is 75.7 cm³/mol. The minimum atomic E-state index is -3.12. The van der Waals surface area contributed by atoms with Crippen LogP contribution in [0.5, 0.6) is 0 Å². The third kappa shape index (κ3) is 3.54. The molecule has 1 N–H and O–H groups in total. The van der Waals surface area contributed by atoms with Crippen molar-refractivity contribution in [2.45, 2.75) is 18.4 Å². The van der Waals surface area contributed by atoms with Gasteiger partial charge in [-0.05, 0) is 35.9 Å². The Balaban J connectivity index is 2.04. The predicted octanol–water partition coefficient (Wildman–Crippen LogP) is 2.49. The third-order valence-corrected chi connectivity index (χ3v) is 4.56. The average molecular weight is 276 g/mol. The summed E-state index contributed by atoms with van der Waals surface area (Å²) in [5.41, 5.74) is 1.96. The lowest BCUT2D eigenvalue weighted by molar-refractivity contribution is 0.597. The number of anilines is 1. The highest BCUT2D eigenvalue weighted by atomic mass is 32.2. The molecule has 0 radical (unpaired) electrons. The molecule has 2 rings (SSSR count). The quantitative estimate of drug-likeness (QED) is 0.911. The molecule has 0 fully saturated rings. The van der Waals surface area contributed by atoms with E-state index in [2.05, 4.69) is 10.3 Å². The molecule has 4 nitrogen and oxygen atoms in total. The summed E-state index contributed by atoms with van der Waals surface area (Å²) in [4.78, 5) is 4.40. The summed E-state index contributed by atoms with van der Waals surface area (Å²) in [6.07, 6.45) is 3.52. The molecule has 5 heteroatoms. The Labute approximate surface area is 113 Å². The molecule has 0 aliphatic heterocycles. The van der Waals surface area contributed by atoms with Crippen LogP contribution in [0.2, 0.25) is 0 Å². The van der Waals surface area contributed by atoms with E-state index in [4.69, 9.17) is 0 Å². The highest BCUT2D eigenvalue weighted by Crippen LogP contribution is 2.15. The van der Waals surface area contributed by atoms with Gasteiger partial charge in [-0.1, -0.05) is 13.0 Å². The Hall–Kier alpha value is -1.88. The van der Waals surface area contributed by atoms with Crippen LogP contribution in [-0.4, -0.2) is 19.2 Å². The van der Waals surface area contributed by atoms with Gasteiger partial charge in [0.15, 0.2) is 9.84 Å². The fraction of sp³-hybridized carbons (Fsp3) is 0.214. The van der Waals surface area contributed by atoms with Crippen molar-refractivity contribution in [2.75, 3.05) is 11.1 Å². The molecule has 0 bridgehead atoms. The highest BCUT2D eigenvalue weighted by Gasteiger charge is 2.10. The van der Waals surface area contributed by atoms with Crippen molar-refractivity contribution in [3.8, 4) is 0 Å². The normalized spacial score (nSPS) is 11.2. The minimum Gasteiger partial charge on any atom is -0.381 e. The minimum absolute atomic E-state index is 0.120. The highest BCUT2D eigenvalue weighted by molar-refractivity contribution is 7.91. The van der Waals surface area contributed by atoms with E-state index < -0.39 is 9.84 Å². The molecule has 0 unspecified atom stereocenters. The van der Waals surface area contributed by atoms with Gasteiger partial charge >= 0.3 is 0 Å². The Kier molecular flexibility index (Phi) is 4.16. The van der Waals surface area contributed by atoms with Gasteiger partial charge in [0.1, 0.15) is 0 Å². The van der Waals surface area contributed by atoms with Crippen molar-refractivity contribution in [1.82, 2.24) is 4.98 Å². The second kappa shape index (κ2) is 5.84. The van der Waals surface area contributed by atoms with Crippen LogP contribution in [0.1, 0.15) is 12.5 Å². The summed E-state index contributed by atoms with van der Waals surface area (Å²) in [5, 5.41) is 3.22. The zero-order valence-corrected chi connectivity index (χ0v) is 11.5. The Bertz CT molecular complexity index is 622. The van der Waals surface area contributed by atoms with Gasteiger partial charge in [0.2, 0.25) is 0 Å². The second-order valence-corrected chi connectivity index (χ2v) is 6.42. The number of aromatic nitrogens is 1. The number of nitrogens with one attached hydrogen (secondary N) is 1. The summed E-state index contributed by atoms with van der Waals surface area (Å²) in [5.74, 6) is 0.120.